The zero-order valence-electron chi connectivity index (χ0n) is 9.61. The fraction of sp³-hybridized carbons (Fsp3) is 0.273. The number of amides is 2. The molecule has 0 spiro atoms. The van der Waals surface area contributed by atoms with Crippen LogP contribution in [0, 0.1) is 6.92 Å². The summed E-state index contributed by atoms with van der Waals surface area (Å²) in [5, 5.41) is 22.2. The van der Waals surface area contributed by atoms with Gasteiger partial charge in [-0.15, -0.1) is 0 Å². The van der Waals surface area contributed by atoms with E-state index in [2.05, 4.69) is 26.6 Å². The third-order valence-electron chi connectivity index (χ3n) is 2.17. The molecule has 7 heteroatoms. The molecule has 1 aromatic carbocycles. The number of aliphatic hydroxyl groups excluding tert-OH is 1. The fourth-order valence-corrected chi connectivity index (χ4v) is 1.50. The van der Waals surface area contributed by atoms with E-state index >= 15 is 0 Å². The van der Waals surface area contributed by atoms with Crippen LogP contribution in [0.2, 0.25) is 0 Å². The highest BCUT2D eigenvalue weighted by Gasteiger charge is 2.14. The second-order valence-electron chi connectivity index (χ2n) is 3.65. The van der Waals surface area contributed by atoms with Crippen LogP contribution in [0.15, 0.2) is 22.7 Å². The minimum Gasteiger partial charge on any atom is -0.479 e. The van der Waals surface area contributed by atoms with E-state index in [1.54, 1.807) is 12.1 Å². The number of carboxylic acid groups (broad SMARTS) is 1. The summed E-state index contributed by atoms with van der Waals surface area (Å²) >= 11 is 3.33. The molecule has 0 radical (unpaired) electrons. The molecule has 0 heterocycles. The van der Waals surface area contributed by atoms with E-state index in [9.17, 15) is 9.59 Å². The molecule has 1 aromatic rings. The number of halogens is 1. The average molecular weight is 317 g/mol. The van der Waals surface area contributed by atoms with Crippen LogP contribution in [-0.2, 0) is 4.79 Å². The third kappa shape index (κ3) is 4.34. The van der Waals surface area contributed by atoms with Crippen molar-refractivity contribution < 1.29 is 19.8 Å². The van der Waals surface area contributed by atoms with Crippen molar-refractivity contribution in [1.82, 2.24) is 5.32 Å². The fourth-order valence-electron chi connectivity index (χ4n) is 1.12. The Kier molecular flexibility index (Phi) is 5.11. The lowest BCUT2D eigenvalue weighted by molar-refractivity contribution is -0.146. The molecule has 0 aliphatic heterocycles. The van der Waals surface area contributed by atoms with Crippen molar-refractivity contribution in [3.8, 4) is 0 Å². The molecule has 4 N–H and O–H groups in total. The van der Waals surface area contributed by atoms with Crippen LogP contribution in [0.5, 0.6) is 0 Å². The van der Waals surface area contributed by atoms with Gasteiger partial charge in [0.25, 0.3) is 0 Å². The Labute approximate surface area is 112 Å². The molecule has 0 aliphatic rings. The first-order valence-electron chi connectivity index (χ1n) is 5.12. The van der Waals surface area contributed by atoms with Gasteiger partial charge in [0.05, 0.1) is 6.54 Å². The smallest absolute Gasteiger partial charge is 0.334 e. The van der Waals surface area contributed by atoms with Crippen molar-refractivity contribution in [3.63, 3.8) is 0 Å². The lowest BCUT2D eigenvalue weighted by atomic mass is 10.2. The van der Waals surface area contributed by atoms with Crippen molar-refractivity contribution in [3.05, 3.63) is 28.2 Å². The lowest BCUT2D eigenvalue weighted by Gasteiger charge is -2.10. The first-order chi connectivity index (χ1) is 8.40. The van der Waals surface area contributed by atoms with Gasteiger partial charge in [0.15, 0.2) is 6.10 Å². The molecule has 0 bridgehead atoms. The van der Waals surface area contributed by atoms with Gasteiger partial charge in [0, 0.05) is 10.2 Å². The number of nitrogens with one attached hydrogen (secondary N) is 2. The van der Waals surface area contributed by atoms with Crippen LogP contribution >= 0.6 is 15.9 Å². The first kappa shape index (κ1) is 14.5. The number of carbonyl (C=O) groups is 2. The van der Waals surface area contributed by atoms with E-state index in [1.807, 2.05) is 13.0 Å². The van der Waals surface area contributed by atoms with E-state index in [0.717, 1.165) is 10.0 Å². The molecule has 1 rings (SSSR count). The summed E-state index contributed by atoms with van der Waals surface area (Å²) in [7, 11) is 0. The van der Waals surface area contributed by atoms with Crippen molar-refractivity contribution in [2.24, 2.45) is 0 Å². The Hall–Kier alpha value is -1.60. The Morgan fingerprint density at radius 2 is 2.11 bits per heavy atom. The summed E-state index contributed by atoms with van der Waals surface area (Å²) in [4.78, 5) is 21.7. The number of carboxylic acids is 1. The molecule has 0 saturated carbocycles. The number of aryl methyl sites for hydroxylation is 1. The van der Waals surface area contributed by atoms with Crippen molar-refractivity contribution in [2.75, 3.05) is 11.9 Å². The van der Waals surface area contributed by atoms with Crippen LogP contribution < -0.4 is 10.6 Å². The molecule has 2 amide bonds. The normalized spacial score (nSPS) is 11.7. The molecule has 18 heavy (non-hydrogen) atoms. The van der Waals surface area contributed by atoms with E-state index in [-0.39, 0.29) is 6.54 Å². The number of carbonyl (C=O) groups excluding carboxylic acids is 1. The van der Waals surface area contributed by atoms with Gasteiger partial charge < -0.3 is 20.8 Å². The van der Waals surface area contributed by atoms with Gasteiger partial charge in [-0.05, 0) is 24.6 Å². The minimum absolute atomic E-state index is 0.353. The van der Waals surface area contributed by atoms with Gasteiger partial charge in [-0.3, -0.25) is 0 Å². The summed E-state index contributed by atoms with van der Waals surface area (Å²) < 4.78 is 0.853. The Balaban J connectivity index is 2.49. The average Bonchev–Trinajstić information content (AvgIpc) is 2.30. The first-order valence-corrected chi connectivity index (χ1v) is 5.91. The maximum atomic E-state index is 11.4. The number of benzene rings is 1. The number of anilines is 1. The second-order valence-corrected chi connectivity index (χ2v) is 4.51. The molecular formula is C11H13BrN2O4. The standard InChI is InChI=1S/C11H13BrN2O4/c1-6-2-3-7(4-8(6)12)14-11(18)13-5-9(15)10(16)17/h2-4,9,15H,5H2,1H3,(H,16,17)(H2,13,14,18). The predicted molar refractivity (Wildman–Crippen MR) is 69.5 cm³/mol. The van der Waals surface area contributed by atoms with Crippen molar-refractivity contribution >= 4 is 33.6 Å². The van der Waals surface area contributed by atoms with Gasteiger partial charge in [0.2, 0.25) is 0 Å². The summed E-state index contributed by atoms with van der Waals surface area (Å²) in [5.41, 5.74) is 1.59. The zero-order valence-corrected chi connectivity index (χ0v) is 11.2. The van der Waals surface area contributed by atoms with Gasteiger partial charge in [-0.2, -0.15) is 0 Å². The maximum Gasteiger partial charge on any atom is 0.334 e. The Bertz CT molecular complexity index is 464. The second kappa shape index (κ2) is 6.36. The Morgan fingerprint density at radius 3 is 2.67 bits per heavy atom. The largest absolute Gasteiger partial charge is 0.479 e. The number of aliphatic carboxylic acids is 1. The van der Waals surface area contributed by atoms with E-state index < -0.39 is 18.1 Å². The van der Waals surface area contributed by atoms with Gasteiger partial charge >= 0.3 is 12.0 Å². The monoisotopic (exact) mass is 316 g/mol. The van der Waals surface area contributed by atoms with Gasteiger partial charge in [-0.1, -0.05) is 22.0 Å². The maximum absolute atomic E-state index is 11.4. The molecule has 6 nitrogen and oxygen atoms in total. The number of urea groups is 1. The SMILES string of the molecule is Cc1ccc(NC(=O)NCC(O)C(=O)O)cc1Br. The topological polar surface area (TPSA) is 98.7 Å². The molecule has 1 unspecified atom stereocenters. The van der Waals surface area contributed by atoms with E-state index in [0.29, 0.717) is 5.69 Å². The molecule has 0 fully saturated rings. The molecule has 0 aliphatic carbocycles. The summed E-state index contributed by atoms with van der Waals surface area (Å²) in [6, 6.07) is 4.69. The molecule has 0 saturated heterocycles. The quantitative estimate of drug-likeness (QED) is 0.673. The third-order valence-corrected chi connectivity index (χ3v) is 3.03. The Morgan fingerprint density at radius 1 is 1.44 bits per heavy atom. The van der Waals surface area contributed by atoms with Crippen LogP contribution in [0.4, 0.5) is 10.5 Å². The van der Waals surface area contributed by atoms with Gasteiger partial charge in [0.1, 0.15) is 0 Å². The molecule has 1 atom stereocenters. The molecule has 0 aromatic heterocycles. The van der Waals surface area contributed by atoms with Crippen LogP contribution in [-0.4, -0.2) is 34.9 Å². The van der Waals surface area contributed by atoms with Crippen LogP contribution in [0.3, 0.4) is 0 Å². The highest BCUT2D eigenvalue weighted by molar-refractivity contribution is 9.10. The highest BCUT2D eigenvalue weighted by Crippen LogP contribution is 2.20. The van der Waals surface area contributed by atoms with Gasteiger partial charge in [-0.25, -0.2) is 9.59 Å². The number of hydrogen-bond donors (Lipinski definition) is 4. The summed E-state index contributed by atoms with van der Waals surface area (Å²) in [6.45, 7) is 1.56. The minimum atomic E-state index is -1.61. The summed E-state index contributed by atoms with van der Waals surface area (Å²) in [6.07, 6.45) is -1.61. The lowest BCUT2D eigenvalue weighted by Crippen LogP contribution is -2.38. The number of rotatable bonds is 4. The highest BCUT2D eigenvalue weighted by atomic mass is 79.9. The van der Waals surface area contributed by atoms with Crippen LogP contribution in [0.25, 0.3) is 0 Å². The molecule has 98 valence electrons. The van der Waals surface area contributed by atoms with Crippen molar-refractivity contribution in [1.29, 1.82) is 0 Å². The number of aliphatic hydroxyl groups is 1. The van der Waals surface area contributed by atoms with Crippen molar-refractivity contribution in [2.45, 2.75) is 13.0 Å². The number of hydrogen-bond acceptors (Lipinski definition) is 3. The summed E-state index contributed by atoms with van der Waals surface area (Å²) in [5.74, 6) is -1.38. The zero-order chi connectivity index (χ0) is 13.7. The van der Waals surface area contributed by atoms with Crippen LogP contribution in [0.1, 0.15) is 5.56 Å². The van der Waals surface area contributed by atoms with E-state index in [1.165, 1.54) is 0 Å². The molecular weight excluding hydrogens is 304 g/mol. The van der Waals surface area contributed by atoms with E-state index in [4.69, 9.17) is 10.2 Å². The predicted octanol–water partition coefficient (Wildman–Crippen LogP) is 1.32.